The van der Waals surface area contributed by atoms with Crippen LogP contribution in [0.5, 0.6) is 11.5 Å². The Labute approximate surface area is 144 Å². The zero-order valence-electron chi connectivity index (χ0n) is 13.6. The van der Waals surface area contributed by atoms with Gasteiger partial charge < -0.3 is 24.6 Å². The molecule has 8 heteroatoms. The molecule has 1 fully saturated rings. The summed E-state index contributed by atoms with van der Waals surface area (Å²) in [5, 5.41) is 12.1. The number of ether oxygens (including phenoxy) is 3. The summed E-state index contributed by atoms with van der Waals surface area (Å²) in [6.07, 6.45) is 0.230. The fraction of sp³-hybridized carbons (Fsp3) is 0.500. The molecule has 1 aliphatic rings. The highest BCUT2D eigenvalue weighted by molar-refractivity contribution is 6.32. The van der Waals surface area contributed by atoms with Gasteiger partial charge in [0.15, 0.2) is 11.5 Å². The molecule has 0 aromatic heterocycles. The van der Waals surface area contributed by atoms with Gasteiger partial charge in [0.05, 0.1) is 37.3 Å². The highest BCUT2D eigenvalue weighted by atomic mass is 35.5. The fourth-order valence-electron chi connectivity index (χ4n) is 2.63. The number of carboxylic acid groups (broad SMARTS) is 1. The maximum Gasteiger partial charge on any atom is 0.305 e. The van der Waals surface area contributed by atoms with Crippen LogP contribution < -0.4 is 14.8 Å². The zero-order valence-corrected chi connectivity index (χ0v) is 14.3. The molecule has 1 aliphatic heterocycles. The molecule has 132 valence electrons. The molecule has 1 unspecified atom stereocenters. The first kappa shape index (κ1) is 18.4. The summed E-state index contributed by atoms with van der Waals surface area (Å²) < 4.78 is 15.9. The summed E-state index contributed by atoms with van der Waals surface area (Å²) >= 11 is 6.17. The van der Waals surface area contributed by atoms with Crippen molar-refractivity contribution in [3.8, 4) is 11.5 Å². The Kier molecular flexibility index (Phi) is 5.90. The lowest BCUT2D eigenvalue weighted by Gasteiger charge is -2.27. The molecule has 0 saturated carbocycles. The molecule has 2 N–H and O–H groups in total. The molecule has 0 spiro atoms. The first-order chi connectivity index (χ1) is 11.4. The van der Waals surface area contributed by atoms with Crippen molar-refractivity contribution in [2.24, 2.45) is 0 Å². The number of benzene rings is 1. The number of rotatable bonds is 7. The van der Waals surface area contributed by atoms with E-state index in [9.17, 15) is 9.59 Å². The van der Waals surface area contributed by atoms with Gasteiger partial charge in [0.1, 0.15) is 0 Å². The first-order valence-corrected chi connectivity index (χ1v) is 7.91. The Hall–Kier alpha value is -1.99. The minimum atomic E-state index is -0.997. The molecule has 1 heterocycles. The molecule has 0 radical (unpaired) electrons. The van der Waals surface area contributed by atoms with Crippen LogP contribution in [0.15, 0.2) is 12.1 Å². The topological polar surface area (TPSA) is 94.1 Å². The van der Waals surface area contributed by atoms with Gasteiger partial charge in [0.25, 0.3) is 5.91 Å². The number of amides is 1. The highest BCUT2D eigenvalue weighted by Crippen LogP contribution is 2.36. The highest BCUT2D eigenvalue weighted by Gasteiger charge is 2.39. The molecule has 1 aromatic carbocycles. The van der Waals surface area contributed by atoms with E-state index in [2.05, 4.69) is 5.32 Å². The second kappa shape index (κ2) is 7.72. The van der Waals surface area contributed by atoms with Crippen molar-refractivity contribution in [3.05, 3.63) is 22.7 Å². The molecule has 0 aliphatic carbocycles. The summed E-state index contributed by atoms with van der Waals surface area (Å²) in [5.41, 5.74) is -0.654. The van der Waals surface area contributed by atoms with Crippen LogP contribution in [0.1, 0.15) is 30.1 Å². The van der Waals surface area contributed by atoms with E-state index >= 15 is 0 Å². The fourth-order valence-corrected chi connectivity index (χ4v) is 2.89. The summed E-state index contributed by atoms with van der Waals surface area (Å²) in [5.74, 6) is -0.736. The quantitative estimate of drug-likeness (QED) is 0.776. The molecule has 7 nitrogen and oxygen atoms in total. The summed E-state index contributed by atoms with van der Waals surface area (Å²) in [4.78, 5) is 23.6. The lowest BCUT2D eigenvalue weighted by atomic mass is 9.93. The van der Waals surface area contributed by atoms with Crippen molar-refractivity contribution in [2.45, 2.75) is 25.3 Å². The minimum Gasteiger partial charge on any atom is -0.493 e. The van der Waals surface area contributed by atoms with E-state index in [0.717, 1.165) is 0 Å². The molecule has 1 atom stereocenters. The Bertz CT molecular complexity index is 627. The van der Waals surface area contributed by atoms with Crippen LogP contribution >= 0.6 is 11.6 Å². The van der Waals surface area contributed by atoms with Crippen molar-refractivity contribution in [1.29, 1.82) is 0 Å². The van der Waals surface area contributed by atoms with Crippen molar-refractivity contribution >= 4 is 23.5 Å². The van der Waals surface area contributed by atoms with Crippen molar-refractivity contribution in [1.82, 2.24) is 5.32 Å². The monoisotopic (exact) mass is 357 g/mol. The SMILES string of the molecule is CCOc1c(Cl)cc(C(=O)NC2(CC(=O)O)CCOC2)cc1OC. The van der Waals surface area contributed by atoms with Crippen molar-refractivity contribution in [2.75, 3.05) is 26.9 Å². The smallest absolute Gasteiger partial charge is 0.305 e. The lowest BCUT2D eigenvalue weighted by Crippen LogP contribution is -2.50. The Balaban J connectivity index is 2.25. The predicted molar refractivity (Wildman–Crippen MR) is 87.1 cm³/mol. The van der Waals surface area contributed by atoms with E-state index in [4.69, 9.17) is 30.9 Å². The number of carbonyl (C=O) groups excluding carboxylic acids is 1. The van der Waals surface area contributed by atoms with Crippen LogP contribution in [-0.2, 0) is 9.53 Å². The maximum absolute atomic E-state index is 12.6. The lowest BCUT2D eigenvalue weighted by molar-refractivity contribution is -0.138. The standard InChI is InChI=1S/C16H20ClNO6/c1-3-24-14-11(17)6-10(7-12(14)22-2)15(21)18-16(8-13(19)20)4-5-23-9-16/h6-7H,3-5,8-9H2,1-2H3,(H,18,21)(H,19,20). The van der Waals surface area contributed by atoms with E-state index in [1.54, 1.807) is 0 Å². The Morgan fingerprint density at radius 1 is 1.46 bits per heavy atom. The van der Waals surface area contributed by atoms with Gasteiger partial charge in [-0.15, -0.1) is 0 Å². The van der Waals surface area contributed by atoms with Crippen LogP contribution in [0.25, 0.3) is 0 Å². The van der Waals surface area contributed by atoms with Gasteiger partial charge in [0, 0.05) is 12.2 Å². The van der Waals surface area contributed by atoms with Gasteiger partial charge in [-0.05, 0) is 25.5 Å². The molecule has 1 aromatic rings. The molecule has 1 amide bonds. The largest absolute Gasteiger partial charge is 0.493 e. The van der Waals surface area contributed by atoms with E-state index in [-0.39, 0.29) is 23.6 Å². The number of aliphatic carboxylic acids is 1. The Morgan fingerprint density at radius 2 is 2.21 bits per heavy atom. The number of carboxylic acids is 1. The van der Waals surface area contributed by atoms with Crippen molar-refractivity contribution < 1.29 is 28.9 Å². The molecule has 0 bridgehead atoms. The van der Waals surface area contributed by atoms with Gasteiger partial charge in [-0.3, -0.25) is 9.59 Å². The van der Waals surface area contributed by atoms with E-state index < -0.39 is 17.4 Å². The average molecular weight is 358 g/mol. The number of hydrogen-bond donors (Lipinski definition) is 2. The first-order valence-electron chi connectivity index (χ1n) is 7.53. The predicted octanol–water partition coefficient (Wildman–Crippen LogP) is 2.11. The van der Waals surface area contributed by atoms with Gasteiger partial charge in [-0.25, -0.2) is 0 Å². The van der Waals surface area contributed by atoms with Gasteiger partial charge in [-0.2, -0.15) is 0 Å². The maximum atomic E-state index is 12.6. The second-order valence-electron chi connectivity index (χ2n) is 5.53. The number of nitrogens with one attached hydrogen (secondary N) is 1. The van der Waals surface area contributed by atoms with E-state index in [1.807, 2.05) is 6.92 Å². The van der Waals surface area contributed by atoms with Crippen LogP contribution in [-0.4, -0.2) is 49.5 Å². The van der Waals surface area contributed by atoms with E-state index in [1.165, 1.54) is 19.2 Å². The summed E-state index contributed by atoms with van der Waals surface area (Å²) in [6.45, 7) is 2.78. The molecule has 24 heavy (non-hydrogen) atoms. The summed E-state index contributed by atoms with van der Waals surface area (Å²) in [7, 11) is 1.45. The van der Waals surface area contributed by atoms with Crippen LogP contribution in [0.3, 0.4) is 0 Å². The molecular formula is C16H20ClNO6. The van der Waals surface area contributed by atoms with Crippen LogP contribution in [0, 0.1) is 0 Å². The third kappa shape index (κ3) is 4.10. The summed E-state index contributed by atoms with van der Waals surface area (Å²) in [6, 6.07) is 2.98. The number of hydrogen-bond acceptors (Lipinski definition) is 5. The van der Waals surface area contributed by atoms with Crippen LogP contribution in [0.2, 0.25) is 5.02 Å². The minimum absolute atomic E-state index is 0.160. The third-order valence-corrected chi connectivity index (χ3v) is 4.03. The number of methoxy groups -OCH3 is 1. The number of carbonyl (C=O) groups is 2. The Morgan fingerprint density at radius 3 is 2.75 bits per heavy atom. The molecule has 2 rings (SSSR count). The van der Waals surface area contributed by atoms with Gasteiger partial charge in [-0.1, -0.05) is 11.6 Å². The van der Waals surface area contributed by atoms with Gasteiger partial charge >= 0.3 is 5.97 Å². The molecular weight excluding hydrogens is 338 g/mol. The van der Waals surface area contributed by atoms with Gasteiger partial charge in [0.2, 0.25) is 0 Å². The average Bonchev–Trinajstić information content (AvgIpc) is 2.96. The zero-order chi connectivity index (χ0) is 17.7. The second-order valence-corrected chi connectivity index (χ2v) is 5.94. The number of halogens is 1. The third-order valence-electron chi connectivity index (χ3n) is 3.75. The van der Waals surface area contributed by atoms with Crippen molar-refractivity contribution in [3.63, 3.8) is 0 Å². The normalized spacial score (nSPS) is 19.8. The van der Waals surface area contributed by atoms with Crippen LogP contribution in [0.4, 0.5) is 0 Å². The molecule has 1 saturated heterocycles. The van der Waals surface area contributed by atoms with E-state index in [0.29, 0.717) is 31.1 Å².